The summed E-state index contributed by atoms with van der Waals surface area (Å²) >= 11 is 0. The summed E-state index contributed by atoms with van der Waals surface area (Å²) in [6, 6.07) is 20.6. The molecule has 0 bridgehead atoms. The van der Waals surface area contributed by atoms with Crippen LogP contribution in [0.1, 0.15) is 11.1 Å². The molecule has 0 aromatic heterocycles. The summed E-state index contributed by atoms with van der Waals surface area (Å²) in [5.74, 6) is 0. The van der Waals surface area contributed by atoms with Gasteiger partial charge in [-0.25, -0.2) is 0 Å². The van der Waals surface area contributed by atoms with Gasteiger partial charge in [0, 0.05) is 46.9 Å². The van der Waals surface area contributed by atoms with Crippen molar-refractivity contribution in [1.29, 1.82) is 0 Å². The molecule has 0 aliphatic carbocycles. The molecular weight excluding hydrogens is 365 g/mol. The molecule has 0 spiro atoms. The van der Waals surface area contributed by atoms with Crippen molar-refractivity contribution in [3.05, 3.63) is 83.9 Å². The van der Waals surface area contributed by atoms with Crippen molar-refractivity contribution < 1.29 is 46.9 Å². The Hall–Kier alpha value is -0.561. The Morgan fingerprint density at radius 1 is 0.529 bits per heavy atom. The molecule has 0 amide bonds. The van der Waals surface area contributed by atoms with Crippen LogP contribution in [0.25, 0.3) is 12.2 Å². The normalized spacial score (nSPS) is 10.6. The van der Waals surface area contributed by atoms with E-state index in [1.54, 1.807) is 0 Å². The first-order valence-corrected chi connectivity index (χ1v) is 5.40. The van der Waals surface area contributed by atoms with Crippen LogP contribution in [-0.2, 0) is 0 Å². The predicted octanol–water partition coefficient (Wildman–Crippen LogP) is 4.41. The fourth-order valence-electron chi connectivity index (χ4n) is 1.46. The van der Waals surface area contributed by atoms with Crippen molar-refractivity contribution in [2.45, 2.75) is 0 Å². The van der Waals surface area contributed by atoms with Crippen molar-refractivity contribution in [3.8, 4) is 0 Å². The Kier molecular flexibility index (Phi) is 7.27. The molecule has 0 radical (unpaired) electrons. The van der Waals surface area contributed by atoms with Crippen LogP contribution in [0.4, 0.5) is 0 Å². The molecule has 0 N–H and O–H groups in total. The summed E-state index contributed by atoms with van der Waals surface area (Å²) in [7, 11) is 0. The van der Waals surface area contributed by atoms with E-state index in [0.717, 1.165) is 0 Å². The number of hydrogen-bond donors (Lipinski definition) is 0. The van der Waals surface area contributed by atoms with Gasteiger partial charge in [0.2, 0.25) is 0 Å². The van der Waals surface area contributed by atoms with Gasteiger partial charge in [-0.05, 0) is 11.1 Å². The van der Waals surface area contributed by atoms with Gasteiger partial charge in [0.05, 0.1) is 0 Å². The van der Waals surface area contributed by atoms with Crippen molar-refractivity contribution in [2.24, 2.45) is 0 Å². The second-order valence-electron chi connectivity index (χ2n) is 3.54. The van der Waals surface area contributed by atoms with Gasteiger partial charge >= 0.3 is 0 Å². The fourth-order valence-corrected chi connectivity index (χ4v) is 1.46. The summed E-state index contributed by atoms with van der Waals surface area (Å²) in [5.41, 5.74) is 2.44. The smallest absolute Gasteiger partial charge is 0 e. The molecule has 92 valence electrons. The minimum absolute atomic E-state index is 0. The van der Waals surface area contributed by atoms with Crippen LogP contribution in [0.5, 0.6) is 0 Å². The zero-order valence-corrected chi connectivity index (χ0v) is 11.1. The Labute approximate surface area is 141 Å². The molecule has 2 aromatic carbocycles. The molecular formula is C16H14Yb. The van der Waals surface area contributed by atoms with E-state index in [0.29, 0.717) is 0 Å². The van der Waals surface area contributed by atoms with Crippen molar-refractivity contribution in [1.82, 2.24) is 0 Å². The van der Waals surface area contributed by atoms with E-state index in [-0.39, 0.29) is 46.9 Å². The topological polar surface area (TPSA) is 0 Å². The number of allylic oxidation sites excluding steroid dienone is 2. The van der Waals surface area contributed by atoms with Crippen LogP contribution >= 0.6 is 0 Å². The molecule has 0 atom stereocenters. The van der Waals surface area contributed by atoms with Crippen LogP contribution in [-0.4, -0.2) is 0 Å². The van der Waals surface area contributed by atoms with E-state index in [2.05, 4.69) is 48.6 Å². The van der Waals surface area contributed by atoms with Crippen LogP contribution < -0.4 is 0 Å². The van der Waals surface area contributed by atoms with Crippen LogP contribution in [0, 0.1) is 46.9 Å². The molecule has 0 heterocycles. The Morgan fingerprint density at radius 2 is 0.882 bits per heavy atom. The first-order chi connectivity index (χ1) is 7.95. The van der Waals surface area contributed by atoms with Gasteiger partial charge in [0.15, 0.2) is 0 Å². The molecule has 0 aliphatic heterocycles. The molecule has 0 aliphatic rings. The van der Waals surface area contributed by atoms with Gasteiger partial charge < -0.3 is 0 Å². The maximum atomic E-state index is 2.10. The average Bonchev–Trinajstić information content (AvgIpc) is 2.37. The molecule has 0 saturated heterocycles. The zero-order valence-electron chi connectivity index (χ0n) is 9.35. The third-order valence-corrected chi connectivity index (χ3v) is 2.29. The maximum absolute atomic E-state index is 2.10. The SMILES string of the molecule is C(C=Cc1ccccc1)=Cc1ccccc1.[Yb]. The van der Waals surface area contributed by atoms with Crippen molar-refractivity contribution in [2.75, 3.05) is 0 Å². The van der Waals surface area contributed by atoms with E-state index >= 15 is 0 Å². The summed E-state index contributed by atoms with van der Waals surface area (Å²) < 4.78 is 0. The molecule has 0 unspecified atom stereocenters. The van der Waals surface area contributed by atoms with Gasteiger partial charge in [0.25, 0.3) is 0 Å². The molecule has 2 rings (SSSR count). The number of rotatable bonds is 3. The van der Waals surface area contributed by atoms with Crippen molar-refractivity contribution >= 4 is 12.2 Å². The summed E-state index contributed by atoms with van der Waals surface area (Å²) in [5, 5.41) is 0. The quantitative estimate of drug-likeness (QED) is 0.693. The molecule has 0 fully saturated rings. The van der Waals surface area contributed by atoms with E-state index in [9.17, 15) is 0 Å². The molecule has 0 saturated carbocycles. The number of benzene rings is 2. The molecule has 2 aromatic rings. The van der Waals surface area contributed by atoms with Gasteiger partial charge in [0.1, 0.15) is 0 Å². The second kappa shape index (κ2) is 8.52. The minimum Gasteiger partial charge on any atom is -0.0622 e. The van der Waals surface area contributed by atoms with E-state index in [1.165, 1.54) is 11.1 Å². The molecule has 1 heteroatoms. The first-order valence-electron chi connectivity index (χ1n) is 5.40. The Balaban J connectivity index is 0.00000144. The predicted molar refractivity (Wildman–Crippen MR) is 71.0 cm³/mol. The van der Waals surface area contributed by atoms with E-state index < -0.39 is 0 Å². The van der Waals surface area contributed by atoms with E-state index in [4.69, 9.17) is 0 Å². The Bertz CT molecular complexity index is 422. The van der Waals surface area contributed by atoms with Gasteiger partial charge in [-0.1, -0.05) is 85.0 Å². The van der Waals surface area contributed by atoms with Crippen molar-refractivity contribution in [3.63, 3.8) is 0 Å². The van der Waals surface area contributed by atoms with Gasteiger partial charge in [-0.2, -0.15) is 0 Å². The summed E-state index contributed by atoms with van der Waals surface area (Å²) in [6.45, 7) is 0. The van der Waals surface area contributed by atoms with E-state index in [1.807, 2.05) is 36.4 Å². The fraction of sp³-hybridized carbons (Fsp3) is 0. The zero-order chi connectivity index (χ0) is 11.1. The number of hydrogen-bond acceptors (Lipinski definition) is 0. The molecule has 17 heavy (non-hydrogen) atoms. The standard InChI is InChI=1S/C16H14.Yb/c1-3-9-15(10-4-1)13-7-8-14-16-11-5-2-6-12-16;/h1-14H;. The van der Waals surface area contributed by atoms with Crippen LogP contribution in [0.2, 0.25) is 0 Å². The largest absolute Gasteiger partial charge is 0.0622 e. The minimum atomic E-state index is 0. The Morgan fingerprint density at radius 3 is 1.24 bits per heavy atom. The summed E-state index contributed by atoms with van der Waals surface area (Å²) in [4.78, 5) is 0. The average molecular weight is 379 g/mol. The third-order valence-electron chi connectivity index (χ3n) is 2.29. The van der Waals surface area contributed by atoms with Gasteiger partial charge in [-0.3, -0.25) is 0 Å². The van der Waals surface area contributed by atoms with Crippen LogP contribution in [0.15, 0.2) is 72.8 Å². The van der Waals surface area contributed by atoms with Crippen LogP contribution in [0.3, 0.4) is 0 Å². The van der Waals surface area contributed by atoms with Gasteiger partial charge in [-0.15, -0.1) is 0 Å². The first kappa shape index (κ1) is 14.5. The monoisotopic (exact) mass is 380 g/mol. The second-order valence-corrected chi connectivity index (χ2v) is 3.54. The molecule has 0 nitrogen and oxygen atoms in total. The summed E-state index contributed by atoms with van der Waals surface area (Å²) in [6.07, 6.45) is 8.31. The third kappa shape index (κ3) is 5.54. The maximum Gasteiger partial charge on any atom is 0 e.